The fourth-order valence-electron chi connectivity index (χ4n) is 2.69. The van der Waals surface area contributed by atoms with Gasteiger partial charge in [-0.05, 0) is 65.4 Å². The lowest BCUT2D eigenvalue weighted by Gasteiger charge is -2.34. The van der Waals surface area contributed by atoms with Crippen LogP contribution in [0.3, 0.4) is 0 Å². The van der Waals surface area contributed by atoms with E-state index in [2.05, 4.69) is 35.1 Å². The number of halogens is 2. The van der Waals surface area contributed by atoms with Gasteiger partial charge in [0.05, 0.1) is 4.47 Å². The van der Waals surface area contributed by atoms with E-state index in [4.69, 9.17) is 0 Å². The first kappa shape index (κ1) is 13.0. The summed E-state index contributed by atoms with van der Waals surface area (Å²) in [5, 5.41) is 3.64. The van der Waals surface area contributed by atoms with Crippen molar-refractivity contribution in [3.8, 4) is 0 Å². The second-order valence-electron chi connectivity index (χ2n) is 5.27. The summed E-state index contributed by atoms with van der Waals surface area (Å²) in [6.45, 7) is 5.62. The molecular formula is C14H19BrFN. The molecule has 94 valence electrons. The number of benzene rings is 1. The molecule has 17 heavy (non-hydrogen) atoms. The predicted molar refractivity (Wildman–Crippen MR) is 72.6 cm³/mol. The van der Waals surface area contributed by atoms with E-state index in [1.165, 1.54) is 18.4 Å². The van der Waals surface area contributed by atoms with E-state index in [1.54, 1.807) is 6.07 Å². The van der Waals surface area contributed by atoms with Crippen molar-refractivity contribution < 1.29 is 4.39 Å². The molecule has 1 heterocycles. The van der Waals surface area contributed by atoms with Crippen molar-refractivity contribution in [3.63, 3.8) is 0 Å². The molecular weight excluding hydrogens is 281 g/mol. The molecule has 1 fully saturated rings. The van der Waals surface area contributed by atoms with Crippen LogP contribution in [0.2, 0.25) is 0 Å². The lowest BCUT2D eigenvalue weighted by molar-refractivity contribution is 0.269. The lowest BCUT2D eigenvalue weighted by Crippen LogP contribution is -2.46. The van der Waals surface area contributed by atoms with Crippen LogP contribution in [0.4, 0.5) is 4.39 Å². The topological polar surface area (TPSA) is 12.0 Å². The predicted octanol–water partition coefficient (Wildman–Crippen LogP) is 3.91. The third-order valence-electron chi connectivity index (χ3n) is 3.89. The molecule has 0 bridgehead atoms. The summed E-state index contributed by atoms with van der Waals surface area (Å²) in [5.74, 6) is 0.403. The maximum absolute atomic E-state index is 13.2. The molecule has 3 heteroatoms. The van der Waals surface area contributed by atoms with Crippen LogP contribution in [-0.4, -0.2) is 12.1 Å². The van der Waals surface area contributed by atoms with Gasteiger partial charge in [-0.25, -0.2) is 4.39 Å². The first-order valence-electron chi connectivity index (χ1n) is 6.22. The Kier molecular flexibility index (Phi) is 3.88. The molecule has 1 unspecified atom stereocenters. The van der Waals surface area contributed by atoms with Crippen molar-refractivity contribution in [3.05, 3.63) is 34.1 Å². The van der Waals surface area contributed by atoms with E-state index in [-0.39, 0.29) is 11.4 Å². The zero-order valence-electron chi connectivity index (χ0n) is 10.4. The largest absolute Gasteiger partial charge is 0.311 e. The fraction of sp³-hybridized carbons (Fsp3) is 0.571. The highest BCUT2D eigenvalue weighted by atomic mass is 79.9. The Morgan fingerprint density at radius 1 is 1.47 bits per heavy atom. The van der Waals surface area contributed by atoms with E-state index in [9.17, 15) is 4.39 Å². The van der Waals surface area contributed by atoms with Gasteiger partial charge in [-0.1, -0.05) is 19.9 Å². The van der Waals surface area contributed by atoms with E-state index in [1.807, 2.05) is 12.1 Å². The van der Waals surface area contributed by atoms with Gasteiger partial charge in [0, 0.05) is 5.54 Å². The zero-order valence-corrected chi connectivity index (χ0v) is 12.0. The maximum Gasteiger partial charge on any atom is 0.137 e. The second kappa shape index (κ2) is 5.07. The normalized spacial score (nSPS) is 24.5. The summed E-state index contributed by atoms with van der Waals surface area (Å²) < 4.78 is 13.8. The minimum atomic E-state index is -0.188. The van der Waals surface area contributed by atoms with Crippen molar-refractivity contribution >= 4 is 15.9 Å². The van der Waals surface area contributed by atoms with Gasteiger partial charge in [0.2, 0.25) is 0 Å². The first-order chi connectivity index (χ1) is 8.03. The fourth-order valence-corrected chi connectivity index (χ4v) is 3.12. The van der Waals surface area contributed by atoms with Crippen molar-refractivity contribution in [2.75, 3.05) is 6.54 Å². The molecule has 1 nitrogen and oxygen atoms in total. The van der Waals surface area contributed by atoms with Crippen molar-refractivity contribution in [2.45, 2.75) is 38.6 Å². The van der Waals surface area contributed by atoms with E-state index < -0.39 is 0 Å². The van der Waals surface area contributed by atoms with Crippen LogP contribution in [0.1, 0.15) is 32.3 Å². The smallest absolute Gasteiger partial charge is 0.137 e. The third-order valence-corrected chi connectivity index (χ3v) is 4.49. The Bertz CT molecular complexity index is 397. The van der Waals surface area contributed by atoms with Gasteiger partial charge >= 0.3 is 0 Å². The maximum atomic E-state index is 13.2. The number of hydrogen-bond donors (Lipinski definition) is 1. The van der Waals surface area contributed by atoms with Gasteiger partial charge in [0.1, 0.15) is 5.82 Å². The molecule has 0 saturated carbocycles. The Hall–Kier alpha value is -0.410. The molecule has 1 aliphatic rings. The van der Waals surface area contributed by atoms with Crippen LogP contribution < -0.4 is 5.32 Å². The number of nitrogens with one attached hydrogen (secondary N) is 1. The average Bonchev–Trinajstić information content (AvgIpc) is 2.73. The lowest BCUT2D eigenvalue weighted by atomic mass is 9.80. The number of rotatable bonds is 3. The Labute approximate surface area is 111 Å². The molecule has 1 aromatic carbocycles. The summed E-state index contributed by atoms with van der Waals surface area (Å²) in [6.07, 6.45) is 3.42. The molecule has 2 rings (SSSR count). The molecule has 1 aromatic rings. The molecule has 0 amide bonds. The molecule has 1 atom stereocenters. The van der Waals surface area contributed by atoms with E-state index >= 15 is 0 Å². The third kappa shape index (κ3) is 2.71. The average molecular weight is 300 g/mol. The van der Waals surface area contributed by atoms with Crippen molar-refractivity contribution in [1.82, 2.24) is 5.32 Å². The van der Waals surface area contributed by atoms with Gasteiger partial charge in [-0.2, -0.15) is 0 Å². The minimum absolute atomic E-state index is 0.188. The summed E-state index contributed by atoms with van der Waals surface area (Å²) in [4.78, 5) is 0. The Morgan fingerprint density at radius 2 is 2.24 bits per heavy atom. The van der Waals surface area contributed by atoms with Crippen molar-refractivity contribution in [2.24, 2.45) is 5.92 Å². The summed E-state index contributed by atoms with van der Waals surface area (Å²) in [6, 6.07) is 5.34. The SMILES string of the molecule is CC(C)C1(Cc2ccc(F)c(Br)c2)CCCN1. The van der Waals surface area contributed by atoms with Gasteiger partial charge in [-0.15, -0.1) is 0 Å². The number of hydrogen-bond acceptors (Lipinski definition) is 1. The molecule has 1 saturated heterocycles. The van der Waals surface area contributed by atoms with Crippen LogP contribution >= 0.6 is 15.9 Å². The molecule has 0 aliphatic carbocycles. The van der Waals surface area contributed by atoms with E-state index in [0.717, 1.165) is 13.0 Å². The van der Waals surface area contributed by atoms with Crippen LogP contribution in [0.15, 0.2) is 22.7 Å². The summed E-state index contributed by atoms with van der Waals surface area (Å²) in [7, 11) is 0. The highest BCUT2D eigenvalue weighted by molar-refractivity contribution is 9.10. The zero-order chi connectivity index (χ0) is 12.5. The van der Waals surface area contributed by atoms with Crippen LogP contribution in [0, 0.1) is 11.7 Å². The van der Waals surface area contributed by atoms with Crippen molar-refractivity contribution in [1.29, 1.82) is 0 Å². The first-order valence-corrected chi connectivity index (χ1v) is 7.02. The molecule has 0 radical (unpaired) electrons. The van der Waals surface area contributed by atoms with E-state index in [0.29, 0.717) is 10.4 Å². The van der Waals surface area contributed by atoms with Gasteiger partial charge in [-0.3, -0.25) is 0 Å². The van der Waals surface area contributed by atoms with Gasteiger partial charge in [0.25, 0.3) is 0 Å². The minimum Gasteiger partial charge on any atom is -0.311 e. The standard InChI is InChI=1S/C14H19BrFN/c1-10(2)14(6-3-7-17-14)9-11-4-5-13(16)12(15)8-11/h4-5,8,10,17H,3,6-7,9H2,1-2H3. The van der Waals surface area contributed by atoms with Crippen LogP contribution in [0.25, 0.3) is 0 Å². The molecule has 1 N–H and O–H groups in total. The highest BCUT2D eigenvalue weighted by Gasteiger charge is 2.36. The quantitative estimate of drug-likeness (QED) is 0.892. The van der Waals surface area contributed by atoms with Crippen LogP contribution in [-0.2, 0) is 6.42 Å². The Morgan fingerprint density at radius 3 is 2.76 bits per heavy atom. The highest BCUT2D eigenvalue weighted by Crippen LogP contribution is 2.32. The summed E-state index contributed by atoms with van der Waals surface area (Å²) >= 11 is 3.25. The monoisotopic (exact) mass is 299 g/mol. The molecule has 0 spiro atoms. The van der Waals surface area contributed by atoms with Crippen LogP contribution in [0.5, 0.6) is 0 Å². The Balaban J connectivity index is 2.20. The molecule has 0 aromatic heterocycles. The van der Waals surface area contributed by atoms with Gasteiger partial charge in [0.15, 0.2) is 0 Å². The molecule has 1 aliphatic heterocycles. The second-order valence-corrected chi connectivity index (χ2v) is 6.12. The van der Waals surface area contributed by atoms with Gasteiger partial charge < -0.3 is 5.32 Å². The summed E-state index contributed by atoms with van der Waals surface area (Å²) in [5.41, 5.74) is 1.39.